The minimum absolute atomic E-state index is 0.0646. The topological polar surface area (TPSA) is 79.5 Å². The molecule has 0 aliphatic heterocycles. The zero-order valence-corrected chi connectivity index (χ0v) is 17.8. The van der Waals surface area contributed by atoms with E-state index in [2.05, 4.69) is 23.1 Å². The molecule has 1 atom stereocenters. The fourth-order valence-electron chi connectivity index (χ4n) is 2.83. The SMILES string of the molecule is CCCCCCCC(=O)NC(=S)NNC(=O)[C@H](C)Oc1ccc2ccccc2c1. The minimum Gasteiger partial charge on any atom is -0.481 e. The Morgan fingerprint density at radius 1 is 1.00 bits per heavy atom. The fourth-order valence-corrected chi connectivity index (χ4v) is 2.99. The molecule has 0 radical (unpaired) electrons. The van der Waals surface area contributed by atoms with E-state index in [4.69, 9.17) is 17.0 Å². The molecule has 2 amide bonds. The van der Waals surface area contributed by atoms with Crippen LogP contribution in [0, 0.1) is 0 Å². The van der Waals surface area contributed by atoms with Gasteiger partial charge in [-0.1, -0.05) is 62.9 Å². The molecule has 0 unspecified atom stereocenters. The van der Waals surface area contributed by atoms with Crippen LogP contribution >= 0.6 is 12.2 Å². The molecule has 0 heterocycles. The van der Waals surface area contributed by atoms with Gasteiger partial charge in [0.25, 0.3) is 5.91 Å². The molecule has 2 aromatic carbocycles. The van der Waals surface area contributed by atoms with Crippen molar-refractivity contribution in [3.05, 3.63) is 42.5 Å². The number of ether oxygens (including phenoxy) is 1. The van der Waals surface area contributed by atoms with Crippen LogP contribution in [0.1, 0.15) is 52.4 Å². The van der Waals surface area contributed by atoms with Gasteiger partial charge in [0.05, 0.1) is 0 Å². The summed E-state index contributed by atoms with van der Waals surface area (Å²) in [5, 5.41) is 4.76. The molecule has 0 fully saturated rings. The first-order chi connectivity index (χ1) is 14.0. The van der Waals surface area contributed by atoms with Crippen LogP contribution < -0.4 is 20.9 Å². The normalized spacial score (nSPS) is 11.5. The summed E-state index contributed by atoms with van der Waals surface area (Å²) in [4.78, 5) is 24.0. The van der Waals surface area contributed by atoms with Crippen molar-refractivity contribution in [1.82, 2.24) is 16.2 Å². The molecule has 7 heteroatoms. The maximum Gasteiger partial charge on any atom is 0.279 e. The molecule has 0 saturated carbocycles. The second-order valence-corrected chi connectivity index (χ2v) is 7.33. The number of carbonyl (C=O) groups excluding carboxylic acids is 2. The van der Waals surface area contributed by atoms with E-state index < -0.39 is 12.0 Å². The lowest BCUT2D eigenvalue weighted by atomic mass is 10.1. The van der Waals surface area contributed by atoms with Crippen molar-refractivity contribution in [2.75, 3.05) is 0 Å². The number of hydrogen-bond donors (Lipinski definition) is 3. The van der Waals surface area contributed by atoms with Crippen LogP contribution in [0.2, 0.25) is 0 Å². The van der Waals surface area contributed by atoms with Gasteiger partial charge in [-0.2, -0.15) is 0 Å². The zero-order valence-electron chi connectivity index (χ0n) is 17.0. The summed E-state index contributed by atoms with van der Waals surface area (Å²) in [6.45, 7) is 3.79. The zero-order chi connectivity index (χ0) is 21.1. The second kappa shape index (κ2) is 12.0. The Morgan fingerprint density at radius 2 is 1.72 bits per heavy atom. The predicted molar refractivity (Wildman–Crippen MR) is 119 cm³/mol. The smallest absolute Gasteiger partial charge is 0.279 e. The van der Waals surface area contributed by atoms with E-state index in [0.29, 0.717) is 12.2 Å². The van der Waals surface area contributed by atoms with Gasteiger partial charge in [0.15, 0.2) is 11.2 Å². The highest BCUT2D eigenvalue weighted by molar-refractivity contribution is 7.80. The molecule has 2 rings (SSSR count). The van der Waals surface area contributed by atoms with Crippen molar-refractivity contribution < 1.29 is 14.3 Å². The quantitative estimate of drug-likeness (QED) is 0.328. The molecule has 0 spiro atoms. The number of hydrazine groups is 1. The molecule has 29 heavy (non-hydrogen) atoms. The van der Waals surface area contributed by atoms with Gasteiger partial charge in [0.2, 0.25) is 5.91 Å². The van der Waals surface area contributed by atoms with Gasteiger partial charge in [0, 0.05) is 6.42 Å². The molecule has 3 N–H and O–H groups in total. The summed E-state index contributed by atoms with van der Waals surface area (Å²) < 4.78 is 5.70. The molecule has 0 aliphatic carbocycles. The highest BCUT2D eigenvalue weighted by Gasteiger charge is 2.15. The van der Waals surface area contributed by atoms with Crippen molar-refractivity contribution in [1.29, 1.82) is 0 Å². The van der Waals surface area contributed by atoms with Gasteiger partial charge >= 0.3 is 0 Å². The van der Waals surface area contributed by atoms with Gasteiger partial charge in [-0.25, -0.2) is 0 Å². The minimum atomic E-state index is -0.735. The summed E-state index contributed by atoms with van der Waals surface area (Å²) in [6.07, 6.45) is 5.04. The Kier molecular flexibility index (Phi) is 9.37. The van der Waals surface area contributed by atoms with E-state index in [1.54, 1.807) is 6.92 Å². The number of unbranched alkanes of at least 4 members (excludes halogenated alkanes) is 4. The summed E-state index contributed by atoms with van der Waals surface area (Å²) in [5.74, 6) is 0.0494. The largest absolute Gasteiger partial charge is 0.481 e. The Labute approximate surface area is 177 Å². The Hall–Kier alpha value is -2.67. The molecule has 2 aromatic rings. The van der Waals surface area contributed by atoms with E-state index in [1.807, 2.05) is 42.5 Å². The van der Waals surface area contributed by atoms with Crippen LogP contribution in [0.5, 0.6) is 5.75 Å². The van der Waals surface area contributed by atoms with Crippen LogP contribution in [0.4, 0.5) is 0 Å². The third-order valence-electron chi connectivity index (χ3n) is 4.46. The number of carbonyl (C=O) groups is 2. The van der Waals surface area contributed by atoms with Gasteiger partial charge in [0.1, 0.15) is 5.75 Å². The molecular formula is C22H29N3O3S. The number of hydrogen-bond acceptors (Lipinski definition) is 4. The molecule has 0 aliphatic rings. The average Bonchev–Trinajstić information content (AvgIpc) is 2.71. The highest BCUT2D eigenvalue weighted by atomic mass is 32.1. The molecule has 0 saturated heterocycles. The predicted octanol–water partition coefficient (Wildman–Crippen LogP) is 3.99. The van der Waals surface area contributed by atoms with Crippen molar-refractivity contribution in [2.45, 2.75) is 58.5 Å². The first-order valence-corrected chi connectivity index (χ1v) is 10.5. The van der Waals surface area contributed by atoms with Crippen LogP contribution in [-0.4, -0.2) is 23.0 Å². The fraction of sp³-hybridized carbons (Fsp3) is 0.409. The van der Waals surface area contributed by atoms with Crippen molar-refractivity contribution in [3.8, 4) is 5.75 Å². The Balaban J connectivity index is 1.70. The molecule has 156 valence electrons. The summed E-state index contributed by atoms with van der Waals surface area (Å²) >= 11 is 5.04. The maximum atomic E-state index is 12.2. The van der Waals surface area contributed by atoms with E-state index in [1.165, 1.54) is 12.8 Å². The van der Waals surface area contributed by atoms with Crippen molar-refractivity contribution in [2.24, 2.45) is 0 Å². The van der Waals surface area contributed by atoms with Gasteiger partial charge < -0.3 is 10.1 Å². The summed E-state index contributed by atoms with van der Waals surface area (Å²) in [5.41, 5.74) is 5.00. The number of fused-ring (bicyclic) bond motifs is 1. The lowest BCUT2D eigenvalue weighted by molar-refractivity contribution is -0.128. The van der Waals surface area contributed by atoms with E-state index in [0.717, 1.165) is 30.0 Å². The lowest BCUT2D eigenvalue weighted by Crippen LogP contribution is -2.51. The van der Waals surface area contributed by atoms with Gasteiger partial charge in [-0.15, -0.1) is 0 Å². The average molecular weight is 416 g/mol. The molecule has 0 bridgehead atoms. The molecule has 6 nitrogen and oxygen atoms in total. The van der Waals surface area contributed by atoms with E-state index in [9.17, 15) is 9.59 Å². The number of thiocarbonyl (C=S) groups is 1. The Bertz CT molecular complexity index is 841. The summed E-state index contributed by atoms with van der Waals surface area (Å²) in [7, 11) is 0. The molecule has 0 aromatic heterocycles. The first kappa shape index (κ1) is 22.6. The highest BCUT2D eigenvalue weighted by Crippen LogP contribution is 2.21. The first-order valence-electron chi connectivity index (χ1n) is 10.0. The van der Waals surface area contributed by atoms with Crippen molar-refractivity contribution in [3.63, 3.8) is 0 Å². The third kappa shape index (κ3) is 8.07. The van der Waals surface area contributed by atoms with Crippen LogP contribution in [0.3, 0.4) is 0 Å². The second-order valence-electron chi connectivity index (χ2n) is 6.92. The van der Waals surface area contributed by atoms with Crippen LogP contribution in [0.15, 0.2) is 42.5 Å². The number of rotatable bonds is 9. The number of benzene rings is 2. The third-order valence-corrected chi connectivity index (χ3v) is 4.67. The lowest BCUT2D eigenvalue weighted by Gasteiger charge is -2.16. The van der Waals surface area contributed by atoms with Gasteiger partial charge in [-0.3, -0.25) is 20.4 Å². The number of amides is 2. The van der Waals surface area contributed by atoms with E-state index in [-0.39, 0.29) is 11.0 Å². The Morgan fingerprint density at radius 3 is 2.48 bits per heavy atom. The monoisotopic (exact) mass is 415 g/mol. The standard InChI is InChI=1S/C22H29N3O3S/c1-3-4-5-6-7-12-20(26)23-22(29)25-24-21(27)16(2)28-19-14-13-17-10-8-9-11-18(17)15-19/h8-11,13-16H,3-7,12H2,1-2H3,(H,24,27)(H2,23,25,26,29)/t16-/m0/s1. The maximum absolute atomic E-state index is 12.2. The van der Waals surface area contributed by atoms with E-state index >= 15 is 0 Å². The summed E-state index contributed by atoms with van der Waals surface area (Å²) in [6, 6.07) is 13.6. The number of nitrogens with one attached hydrogen (secondary N) is 3. The van der Waals surface area contributed by atoms with Crippen molar-refractivity contribution >= 4 is 39.9 Å². The van der Waals surface area contributed by atoms with Gasteiger partial charge in [-0.05, 0) is 48.5 Å². The van der Waals surface area contributed by atoms with Crippen LogP contribution in [0.25, 0.3) is 10.8 Å². The van der Waals surface area contributed by atoms with Crippen LogP contribution in [-0.2, 0) is 9.59 Å². The molecular weight excluding hydrogens is 386 g/mol.